The Kier molecular flexibility index (Phi) is 6.66. The van der Waals surface area contributed by atoms with Gasteiger partial charge in [-0.25, -0.2) is 0 Å². The molecule has 2 aromatic carbocycles. The van der Waals surface area contributed by atoms with Crippen molar-refractivity contribution in [2.24, 2.45) is 5.16 Å². The number of alkyl halides is 3. The van der Waals surface area contributed by atoms with E-state index in [1.807, 2.05) is 6.92 Å². The Balaban J connectivity index is 1.85. The van der Waals surface area contributed by atoms with Crippen molar-refractivity contribution in [1.82, 2.24) is 10.2 Å². The van der Waals surface area contributed by atoms with Gasteiger partial charge in [-0.2, -0.15) is 18.3 Å². The lowest BCUT2D eigenvalue weighted by atomic mass is 10.0. The van der Waals surface area contributed by atoms with Gasteiger partial charge in [-0.3, -0.25) is 0 Å². The molecular formula is C22H20F3N3O2. The van der Waals surface area contributed by atoms with Crippen molar-refractivity contribution in [3.05, 3.63) is 71.4 Å². The van der Waals surface area contributed by atoms with Crippen molar-refractivity contribution in [1.29, 1.82) is 0 Å². The topological polar surface area (TPSA) is 56.6 Å². The molecule has 0 aliphatic carbocycles. The van der Waals surface area contributed by atoms with Crippen LogP contribution in [-0.2, 0) is 11.0 Å². The second kappa shape index (κ2) is 9.39. The first-order valence-electron chi connectivity index (χ1n) is 9.32. The van der Waals surface area contributed by atoms with Crippen LogP contribution in [0.3, 0.4) is 0 Å². The van der Waals surface area contributed by atoms with Crippen LogP contribution in [0.25, 0.3) is 11.1 Å². The molecule has 0 saturated heterocycles. The largest absolute Gasteiger partial charge is 0.437 e. The Hall–Kier alpha value is -3.42. The molecule has 8 heteroatoms. The van der Waals surface area contributed by atoms with Crippen LogP contribution < -0.4 is 4.74 Å². The summed E-state index contributed by atoms with van der Waals surface area (Å²) >= 11 is 0. The third kappa shape index (κ3) is 5.56. The van der Waals surface area contributed by atoms with E-state index in [1.165, 1.54) is 6.07 Å². The molecule has 0 aliphatic heterocycles. The SMILES string of the molecule is CCCO/N=C/c1ccc(Oc2nnc(C)cc2-c2cccc(C(F)(F)F)c2)cc1. The number of rotatable bonds is 7. The van der Waals surface area contributed by atoms with E-state index < -0.39 is 11.7 Å². The van der Waals surface area contributed by atoms with Gasteiger partial charge in [0.1, 0.15) is 12.4 Å². The van der Waals surface area contributed by atoms with Crippen molar-refractivity contribution in [3.8, 4) is 22.8 Å². The summed E-state index contributed by atoms with van der Waals surface area (Å²) in [4.78, 5) is 5.06. The zero-order valence-corrected chi connectivity index (χ0v) is 16.5. The molecule has 30 heavy (non-hydrogen) atoms. The molecule has 156 valence electrons. The standard InChI is InChI=1S/C22H20F3N3O2/c1-3-11-29-26-14-16-7-9-19(10-8-16)30-21-20(12-15(2)27-28-21)17-5-4-6-18(13-17)22(23,24)25/h4-10,12-14H,3,11H2,1-2H3/b26-14+. The molecule has 0 atom stereocenters. The highest BCUT2D eigenvalue weighted by atomic mass is 19.4. The fourth-order valence-electron chi connectivity index (χ4n) is 2.60. The lowest BCUT2D eigenvalue weighted by molar-refractivity contribution is -0.137. The average Bonchev–Trinajstić information content (AvgIpc) is 2.73. The number of oxime groups is 1. The maximum Gasteiger partial charge on any atom is 0.416 e. The van der Waals surface area contributed by atoms with Gasteiger partial charge in [0.05, 0.1) is 17.5 Å². The van der Waals surface area contributed by atoms with Gasteiger partial charge < -0.3 is 9.57 Å². The van der Waals surface area contributed by atoms with Crippen LogP contribution in [0, 0.1) is 6.92 Å². The zero-order valence-electron chi connectivity index (χ0n) is 16.5. The van der Waals surface area contributed by atoms with Gasteiger partial charge in [0.25, 0.3) is 0 Å². The smallest absolute Gasteiger partial charge is 0.416 e. The first kappa shape index (κ1) is 21.3. The van der Waals surface area contributed by atoms with Gasteiger partial charge in [-0.1, -0.05) is 24.2 Å². The number of halogens is 3. The minimum absolute atomic E-state index is 0.118. The van der Waals surface area contributed by atoms with Crippen molar-refractivity contribution in [3.63, 3.8) is 0 Å². The first-order chi connectivity index (χ1) is 14.4. The Morgan fingerprint density at radius 1 is 1.03 bits per heavy atom. The van der Waals surface area contributed by atoms with Gasteiger partial charge in [0.2, 0.25) is 5.88 Å². The summed E-state index contributed by atoms with van der Waals surface area (Å²) in [5, 5.41) is 11.9. The number of hydrogen-bond donors (Lipinski definition) is 0. The van der Waals surface area contributed by atoms with Crippen LogP contribution in [0.4, 0.5) is 13.2 Å². The molecule has 0 bridgehead atoms. The van der Waals surface area contributed by atoms with Crippen molar-refractivity contribution in [2.75, 3.05) is 6.61 Å². The zero-order chi connectivity index (χ0) is 21.6. The van der Waals surface area contributed by atoms with Crippen LogP contribution in [0.15, 0.2) is 59.8 Å². The summed E-state index contributed by atoms with van der Waals surface area (Å²) in [5.41, 5.74) is 1.40. The number of aromatic nitrogens is 2. The number of benzene rings is 2. The summed E-state index contributed by atoms with van der Waals surface area (Å²) in [7, 11) is 0. The molecule has 0 N–H and O–H groups in total. The summed E-state index contributed by atoms with van der Waals surface area (Å²) in [6, 6.07) is 13.6. The molecule has 0 spiro atoms. The summed E-state index contributed by atoms with van der Waals surface area (Å²) in [5.74, 6) is 0.584. The predicted octanol–water partition coefficient (Wildman–Crippen LogP) is 6.02. The molecule has 0 fully saturated rings. The van der Waals surface area contributed by atoms with Crippen LogP contribution >= 0.6 is 0 Å². The second-order valence-corrected chi connectivity index (χ2v) is 6.52. The number of hydrogen-bond acceptors (Lipinski definition) is 5. The molecule has 1 heterocycles. The van der Waals surface area contributed by atoms with E-state index in [9.17, 15) is 13.2 Å². The van der Waals surface area contributed by atoms with E-state index in [0.717, 1.165) is 24.1 Å². The third-order valence-electron chi connectivity index (χ3n) is 4.05. The Morgan fingerprint density at radius 3 is 2.50 bits per heavy atom. The van der Waals surface area contributed by atoms with E-state index in [2.05, 4.69) is 15.4 Å². The fourth-order valence-corrected chi connectivity index (χ4v) is 2.60. The highest BCUT2D eigenvalue weighted by Gasteiger charge is 2.30. The van der Waals surface area contributed by atoms with Gasteiger partial charge >= 0.3 is 6.18 Å². The van der Waals surface area contributed by atoms with Crippen LogP contribution in [-0.4, -0.2) is 23.0 Å². The van der Waals surface area contributed by atoms with E-state index in [1.54, 1.807) is 49.5 Å². The minimum atomic E-state index is -4.44. The summed E-state index contributed by atoms with van der Waals surface area (Å²) in [6.45, 7) is 4.24. The van der Waals surface area contributed by atoms with Gasteiger partial charge in [-0.15, -0.1) is 5.10 Å². The Bertz CT molecular complexity index is 1020. The van der Waals surface area contributed by atoms with Crippen molar-refractivity contribution >= 4 is 6.21 Å². The monoisotopic (exact) mass is 415 g/mol. The highest BCUT2D eigenvalue weighted by Crippen LogP contribution is 2.36. The van der Waals surface area contributed by atoms with Gasteiger partial charge in [0.15, 0.2) is 0 Å². The molecule has 0 radical (unpaired) electrons. The maximum absolute atomic E-state index is 13.1. The fraction of sp³-hybridized carbons (Fsp3) is 0.227. The highest BCUT2D eigenvalue weighted by molar-refractivity contribution is 5.79. The van der Waals surface area contributed by atoms with Gasteiger partial charge in [-0.05, 0) is 66.9 Å². The lowest BCUT2D eigenvalue weighted by Gasteiger charge is -2.12. The summed E-state index contributed by atoms with van der Waals surface area (Å²) in [6.07, 6.45) is -1.99. The molecule has 0 amide bonds. The predicted molar refractivity (Wildman–Crippen MR) is 108 cm³/mol. The quantitative estimate of drug-likeness (QED) is 0.269. The van der Waals surface area contributed by atoms with E-state index in [0.29, 0.717) is 29.2 Å². The molecule has 0 saturated carbocycles. The van der Waals surface area contributed by atoms with Crippen LogP contribution in [0.1, 0.15) is 30.2 Å². The van der Waals surface area contributed by atoms with Gasteiger partial charge in [0, 0.05) is 5.56 Å². The number of ether oxygens (including phenoxy) is 1. The van der Waals surface area contributed by atoms with E-state index in [4.69, 9.17) is 9.57 Å². The molecule has 3 rings (SSSR count). The lowest BCUT2D eigenvalue weighted by Crippen LogP contribution is -2.05. The van der Waals surface area contributed by atoms with Crippen molar-refractivity contribution in [2.45, 2.75) is 26.4 Å². The normalized spacial score (nSPS) is 11.6. The molecule has 0 aliphatic rings. The molecule has 5 nitrogen and oxygen atoms in total. The van der Waals surface area contributed by atoms with Crippen LogP contribution in [0.5, 0.6) is 11.6 Å². The Labute approximate surface area is 172 Å². The third-order valence-corrected chi connectivity index (χ3v) is 4.05. The molecule has 3 aromatic rings. The molecule has 1 aromatic heterocycles. The number of aryl methyl sites for hydroxylation is 1. The molecular weight excluding hydrogens is 395 g/mol. The van der Waals surface area contributed by atoms with E-state index in [-0.39, 0.29) is 5.88 Å². The maximum atomic E-state index is 13.1. The minimum Gasteiger partial charge on any atom is -0.437 e. The first-order valence-corrected chi connectivity index (χ1v) is 9.32. The van der Waals surface area contributed by atoms with E-state index >= 15 is 0 Å². The summed E-state index contributed by atoms with van der Waals surface area (Å²) < 4.78 is 45.1. The average molecular weight is 415 g/mol. The van der Waals surface area contributed by atoms with Crippen molar-refractivity contribution < 1.29 is 22.7 Å². The Morgan fingerprint density at radius 2 is 1.80 bits per heavy atom. The molecule has 0 unspecified atom stereocenters. The number of nitrogens with zero attached hydrogens (tertiary/aromatic N) is 3. The van der Waals surface area contributed by atoms with Crippen LogP contribution in [0.2, 0.25) is 0 Å². The second-order valence-electron chi connectivity index (χ2n) is 6.52.